The van der Waals surface area contributed by atoms with E-state index in [1.165, 1.54) is 0 Å². The third kappa shape index (κ3) is 1.99. The van der Waals surface area contributed by atoms with Gasteiger partial charge in [0.2, 0.25) is 11.8 Å². The Balaban J connectivity index is 1.82. The molecule has 1 aromatic heterocycles. The van der Waals surface area contributed by atoms with Gasteiger partial charge < -0.3 is 10.2 Å². The second kappa shape index (κ2) is 5.44. The minimum Gasteiger partial charge on any atom is -0.314 e. The van der Waals surface area contributed by atoms with E-state index in [9.17, 15) is 9.59 Å². The standard InChI is InChI=1S/C20H15ClN4O2/c1-24-15-9-5-8-14(21)17(15)20(19(24)27)10-16(26)23-18-13(20)11-22-25(18)12-6-3-2-4-7-12/h2-9,11H,10H2,1H3,(H,23,26). The van der Waals surface area contributed by atoms with Crippen LogP contribution in [0.2, 0.25) is 5.02 Å². The number of anilines is 2. The lowest BCUT2D eigenvalue weighted by Gasteiger charge is -2.32. The van der Waals surface area contributed by atoms with E-state index in [0.29, 0.717) is 22.0 Å². The molecule has 0 fully saturated rings. The Hall–Kier alpha value is -3.12. The van der Waals surface area contributed by atoms with Crippen molar-refractivity contribution >= 4 is 34.9 Å². The molecular formula is C20H15ClN4O2. The zero-order chi connectivity index (χ0) is 18.8. The summed E-state index contributed by atoms with van der Waals surface area (Å²) in [6, 6.07) is 14.9. The van der Waals surface area contributed by atoms with Crippen LogP contribution in [0.1, 0.15) is 17.5 Å². The molecule has 2 amide bonds. The number of likely N-dealkylation sites (N-methyl/N-ethyl adjacent to an activating group) is 1. The van der Waals surface area contributed by atoms with E-state index in [2.05, 4.69) is 10.4 Å². The Morgan fingerprint density at radius 1 is 1.11 bits per heavy atom. The number of nitrogens with zero attached hydrogens (tertiary/aromatic N) is 3. The molecule has 2 aliphatic rings. The van der Waals surface area contributed by atoms with Crippen molar-refractivity contribution in [3.63, 3.8) is 0 Å². The van der Waals surface area contributed by atoms with Crippen molar-refractivity contribution in [2.75, 3.05) is 17.3 Å². The molecule has 3 aromatic rings. The highest BCUT2D eigenvalue weighted by molar-refractivity contribution is 6.33. The average molecular weight is 379 g/mol. The van der Waals surface area contributed by atoms with Gasteiger partial charge in [-0.2, -0.15) is 5.10 Å². The number of carbonyl (C=O) groups excluding carboxylic acids is 2. The molecule has 1 spiro atoms. The highest BCUT2D eigenvalue weighted by Gasteiger charge is 2.57. The molecule has 0 saturated carbocycles. The van der Waals surface area contributed by atoms with Crippen LogP contribution in [0.3, 0.4) is 0 Å². The summed E-state index contributed by atoms with van der Waals surface area (Å²) in [5.74, 6) is 0.0935. The van der Waals surface area contributed by atoms with Crippen molar-refractivity contribution in [2.45, 2.75) is 11.8 Å². The van der Waals surface area contributed by atoms with Gasteiger partial charge in [0.15, 0.2) is 0 Å². The van der Waals surface area contributed by atoms with E-state index in [-0.39, 0.29) is 18.2 Å². The van der Waals surface area contributed by atoms with Crippen molar-refractivity contribution < 1.29 is 9.59 Å². The lowest BCUT2D eigenvalue weighted by atomic mass is 9.71. The summed E-state index contributed by atoms with van der Waals surface area (Å²) in [6.45, 7) is 0. The van der Waals surface area contributed by atoms with Crippen LogP contribution >= 0.6 is 11.6 Å². The van der Waals surface area contributed by atoms with Crippen LogP contribution in [-0.2, 0) is 15.0 Å². The number of para-hydroxylation sites is 1. The van der Waals surface area contributed by atoms with Gasteiger partial charge in [-0.15, -0.1) is 0 Å². The predicted octanol–water partition coefficient (Wildman–Crippen LogP) is 3.13. The van der Waals surface area contributed by atoms with Gasteiger partial charge >= 0.3 is 0 Å². The number of aromatic nitrogens is 2. The Morgan fingerprint density at radius 2 is 1.89 bits per heavy atom. The van der Waals surface area contributed by atoms with Crippen molar-refractivity contribution in [1.82, 2.24) is 9.78 Å². The molecule has 2 aliphatic heterocycles. The van der Waals surface area contributed by atoms with Gasteiger partial charge in [-0.3, -0.25) is 9.59 Å². The molecule has 7 heteroatoms. The van der Waals surface area contributed by atoms with E-state index >= 15 is 0 Å². The number of nitrogens with one attached hydrogen (secondary N) is 1. The molecule has 1 unspecified atom stereocenters. The number of amides is 2. The minimum absolute atomic E-state index is 0.000387. The number of halogens is 1. The van der Waals surface area contributed by atoms with E-state index < -0.39 is 5.41 Å². The molecule has 0 saturated heterocycles. The molecule has 2 aromatic carbocycles. The fourth-order valence-corrected chi connectivity index (χ4v) is 4.52. The Morgan fingerprint density at radius 3 is 2.67 bits per heavy atom. The van der Waals surface area contributed by atoms with Gasteiger partial charge in [0.05, 0.1) is 11.9 Å². The second-order valence-corrected chi connectivity index (χ2v) is 7.19. The molecular weight excluding hydrogens is 364 g/mol. The highest BCUT2D eigenvalue weighted by atomic mass is 35.5. The first-order valence-electron chi connectivity index (χ1n) is 8.55. The maximum absolute atomic E-state index is 13.4. The van der Waals surface area contributed by atoms with Gasteiger partial charge in [-0.25, -0.2) is 4.68 Å². The number of fused-ring (bicyclic) bond motifs is 4. The summed E-state index contributed by atoms with van der Waals surface area (Å²) in [6.07, 6.45) is 1.66. The Bertz CT molecular complexity index is 1110. The van der Waals surface area contributed by atoms with Crippen LogP contribution in [0, 0.1) is 0 Å². The van der Waals surface area contributed by atoms with Crippen LogP contribution in [-0.4, -0.2) is 28.6 Å². The molecule has 27 heavy (non-hydrogen) atoms. The summed E-state index contributed by atoms with van der Waals surface area (Å²) in [7, 11) is 1.71. The molecule has 6 nitrogen and oxygen atoms in total. The monoisotopic (exact) mass is 378 g/mol. The zero-order valence-electron chi connectivity index (χ0n) is 14.4. The maximum atomic E-state index is 13.4. The zero-order valence-corrected chi connectivity index (χ0v) is 15.2. The van der Waals surface area contributed by atoms with Crippen molar-refractivity contribution in [1.29, 1.82) is 0 Å². The van der Waals surface area contributed by atoms with Gasteiger partial charge in [0, 0.05) is 35.3 Å². The first kappa shape index (κ1) is 16.1. The lowest BCUT2D eigenvalue weighted by molar-refractivity contribution is -0.126. The quantitative estimate of drug-likeness (QED) is 0.707. The molecule has 1 atom stereocenters. The Kier molecular flexibility index (Phi) is 3.24. The lowest BCUT2D eigenvalue weighted by Crippen LogP contribution is -2.45. The van der Waals surface area contributed by atoms with Gasteiger partial charge in [-0.05, 0) is 24.3 Å². The fraction of sp³-hybridized carbons (Fsp3) is 0.150. The largest absolute Gasteiger partial charge is 0.314 e. The molecule has 1 N–H and O–H groups in total. The number of benzene rings is 2. The first-order chi connectivity index (χ1) is 13.0. The van der Waals surface area contributed by atoms with Gasteiger partial charge in [0.1, 0.15) is 11.2 Å². The van der Waals surface area contributed by atoms with E-state index in [1.807, 2.05) is 36.4 Å². The number of carbonyl (C=O) groups is 2. The van der Waals surface area contributed by atoms with Gasteiger partial charge in [-0.1, -0.05) is 35.9 Å². The number of hydrogen-bond acceptors (Lipinski definition) is 3. The van der Waals surface area contributed by atoms with Crippen LogP contribution < -0.4 is 10.2 Å². The second-order valence-electron chi connectivity index (χ2n) is 6.78. The maximum Gasteiger partial charge on any atom is 0.242 e. The van der Waals surface area contributed by atoms with E-state index in [1.54, 1.807) is 35.0 Å². The van der Waals surface area contributed by atoms with Crippen LogP contribution in [0.5, 0.6) is 0 Å². The fourth-order valence-electron chi connectivity index (χ4n) is 4.19. The molecule has 134 valence electrons. The first-order valence-corrected chi connectivity index (χ1v) is 8.93. The van der Waals surface area contributed by atoms with E-state index in [0.717, 1.165) is 11.4 Å². The van der Waals surface area contributed by atoms with Crippen LogP contribution in [0.4, 0.5) is 11.5 Å². The molecule has 0 radical (unpaired) electrons. The number of rotatable bonds is 1. The average Bonchev–Trinajstić information content (AvgIpc) is 3.18. The van der Waals surface area contributed by atoms with Crippen molar-refractivity contribution in [3.8, 4) is 5.69 Å². The smallest absolute Gasteiger partial charge is 0.242 e. The van der Waals surface area contributed by atoms with E-state index in [4.69, 9.17) is 11.6 Å². The van der Waals surface area contributed by atoms with Crippen molar-refractivity contribution in [3.05, 3.63) is 70.9 Å². The molecule has 5 rings (SSSR count). The molecule has 0 bridgehead atoms. The van der Waals surface area contributed by atoms with Crippen molar-refractivity contribution in [2.24, 2.45) is 0 Å². The normalized spacial score (nSPS) is 20.6. The minimum atomic E-state index is -1.16. The van der Waals surface area contributed by atoms with Crippen LogP contribution in [0.15, 0.2) is 54.7 Å². The third-order valence-corrected chi connectivity index (χ3v) is 5.68. The van der Waals surface area contributed by atoms with Crippen LogP contribution in [0.25, 0.3) is 5.69 Å². The Labute approximate surface area is 160 Å². The summed E-state index contributed by atoms with van der Waals surface area (Å²) in [4.78, 5) is 27.6. The SMILES string of the molecule is CN1C(=O)C2(CC(=O)Nc3c2cnn3-c2ccccc2)c2c(Cl)cccc21. The predicted molar refractivity (Wildman–Crippen MR) is 102 cm³/mol. The summed E-state index contributed by atoms with van der Waals surface area (Å²) >= 11 is 6.52. The highest BCUT2D eigenvalue weighted by Crippen LogP contribution is 2.54. The summed E-state index contributed by atoms with van der Waals surface area (Å²) in [5, 5.41) is 7.83. The molecule has 0 aliphatic carbocycles. The third-order valence-electron chi connectivity index (χ3n) is 5.36. The number of hydrogen-bond donors (Lipinski definition) is 1. The topological polar surface area (TPSA) is 67.2 Å². The summed E-state index contributed by atoms with van der Waals surface area (Å²) in [5.41, 5.74) is 1.69. The van der Waals surface area contributed by atoms with Gasteiger partial charge in [0.25, 0.3) is 0 Å². The molecule has 3 heterocycles. The summed E-state index contributed by atoms with van der Waals surface area (Å²) < 4.78 is 1.65.